The highest BCUT2D eigenvalue weighted by molar-refractivity contribution is 5.30. The molecule has 0 heterocycles. The SMILES string of the molecule is CC(C)(N)Cc1ccc(OCC2CCC2)c(F)c1. The molecule has 0 spiro atoms. The van der Waals surface area contributed by atoms with Gasteiger partial charge in [-0.05, 0) is 56.7 Å². The van der Waals surface area contributed by atoms with Gasteiger partial charge in [0.2, 0.25) is 0 Å². The Morgan fingerprint density at radius 3 is 2.61 bits per heavy atom. The third kappa shape index (κ3) is 3.70. The highest BCUT2D eigenvalue weighted by Crippen LogP contribution is 2.28. The van der Waals surface area contributed by atoms with Gasteiger partial charge in [0.05, 0.1) is 6.61 Å². The topological polar surface area (TPSA) is 35.2 Å². The lowest BCUT2D eigenvalue weighted by Gasteiger charge is -2.25. The van der Waals surface area contributed by atoms with Gasteiger partial charge in [-0.3, -0.25) is 0 Å². The molecular formula is C15H22FNO. The zero-order chi connectivity index (χ0) is 13.2. The van der Waals surface area contributed by atoms with Crippen LogP contribution in [0, 0.1) is 11.7 Å². The molecule has 0 aliphatic heterocycles. The third-order valence-electron chi connectivity index (χ3n) is 3.36. The molecule has 0 atom stereocenters. The Morgan fingerprint density at radius 2 is 2.11 bits per heavy atom. The molecule has 0 saturated heterocycles. The largest absolute Gasteiger partial charge is 0.490 e. The fraction of sp³-hybridized carbons (Fsp3) is 0.600. The molecule has 2 N–H and O–H groups in total. The van der Waals surface area contributed by atoms with Crippen molar-refractivity contribution in [2.24, 2.45) is 11.7 Å². The van der Waals surface area contributed by atoms with Crippen molar-refractivity contribution in [1.29, 1.82) is 0 Å². The molecule has 0 aromatic heterocycles. The first-order valence-electron chi connectivity index (χ1n) is 6.64. The molecule has 2 rings (SSSR count). The second-order valence-corrected chi connectivity index (χ2v) is 6.04. The minimum absolute atomic E-state index is 0.281. The molecule has 1 aromatic rings. The van der Waals surface area contributed by atoms with Crippen LogP contribution in [-0.2, 0) is 6.42 Å². The number of ether oxygens (including phenoxy) is 1. The third-order valence-corrected chi connectivity index (χ3v) is 3.36. The van der Waals surface area contributed by atoms with Gasteiger partial charge in [0.15, 0.2) is 11.6 Å². The second kappa shape index (κ2) is 5.27. The van der Waals surface area contributed by atoms with E-state index >= 15 is 0 Å². The van der Waals surface area contributed by atoms with E-state index in [2.05, 4.69) is 0 Å². The van der Waals surface area contributed by atoms with Gasteiger partial charge in [-0.15, -0.1) is 0 Å². The van der Waals surface area contributed by atoms with E-state index in [-0.39, 0.29) is 11.4 Å². The molecule has 2 nitrogen and oxygen atoms in total. The van der Waals surface area contributed by atoms with E-state index in [0.717, 1.165) is 5.56 Å². The maximum atomic E-state index is 13.8. The summed E-state index contributed by atoms with van der Waals surface area (Å²) in [5.74, 6) is 0.698. The normalized spacial score (nSPS) is 16.4. The minimum Gasteiger partial charge on any atom is -0.490 e. The van der Waals surface area contributed by atoms with Crippen molar-refractivity contribution in [2.45, 2.75) is 45.1 Å². The number of rotatable bonds is 5. The Kier molecular flexibility index (Phi) is 3.91. The molecular weight excluding hydrogens is 229 g/mol. The Hall–Kier alpha value is -1.09. The highest BCUT2D eigenvalue weighted by atomic mass is 19.1. The predicted octanol–water partition coefficient (Wildman–Crippen LogP) is 3.28. The summed E-state index contributed by atoms with van der Waals surface area (Å²) >= 11 is 0. The summed E-state index contributed by atoms with van der Waals surface area (Å²) in [5, 5.41) is 0. The molecule has 0 unspecified atom stereocenters. The van der Waals surface area contributed by atoms with E-state index in [1.54, 1.807) is 6.07 Å². The number of hydrogen-bond acceptors (Lipinski definition) is 2. The van der Waals surface area contributed by atoms with Gasteiger partial charge in [0.1, 0.15) is 0 Å². The molecule has 1 aliphatic carbocycles. The van der Waals surface area contributed by atoms with E-state index in [4.69, 9.17) is 10.5 Å². The molecule has 1 aliphatic rings. The van der Waals surface area contributed by atoms with Crippen LogP contribution in [0.5, 0.6) is 5.75 Å². The molecule has 0 radical (unpaired) electrons. The summed E-state index contributed by atoms with van der Waals surface area (Å²) in [5.41, 5.74) is 6.52. The van der Waals surface area contributed by atoms with E-state index in [0.29, 0.717) is 24.7 Å². The molecule has 1 aromatic carbocycles. The summed E-state index contributed by atoms with van der Waals surface area (Å²) < 4.78 is 19.4. The van der Waals surface area contributed by atoms with Crippen molar-refractivity contribution in [3.05, 3.63) is 29.6 Å². The highest BCUT2D eigenvalue weighted by Gasteiger charge is 2.19. The zero-order valence-electron chi connectivity index (χ0n) is 11.2. The number of hydrogen-bond donors (Lipinski definition) is 1. The summed E-state index contributed by atoms with van der Waals surface area (Å²) in [6.45, 7) is 4.51. The molecule has 0 amide bonds. The van der Waals surface area contributed by atoms with Gasteiger partial charge < -0.3 is 10.5 Å². The average Bonchev–Trinajstić information content (AvgIpc) is 2.16. The van der Waals surface area contributed by atoms with E-state index in [9.17, 15) is 4.39 Å². The van der Waals surface area contributed by atoms with Crippen molar-refractivity contribution in [2.75, 3.05) is 6.61 Å². The maximum absolute atomic E-state index is 13.8. The van der Waals surface area contributed by atoms with Crippen LogP contribution in [0.3, 0.4) is 0 Å². The van der Waals surface area contributed by atoms with Crippen LogP contribution >= 0.6 is 0 Å². The fourth-order valence-corrected chi connectivity index (χ4v) is 2.16. The van der Waals surface area contributed by atoms with Gasteiger partial charge in [0.25, 0.3) is 0 Å². The first-order chi connectivity index (χ1) is 8.44. The smallest absolute Gasteiger partial charge is 0.165 e. The summed E-state index contributed by atoms with van der Waals surface area (Å²) in [6, 6.07) is 5.15. The lowest BCUT2D eigenvalue weighted by molar-refractivity contribution is 0.175. The number of benzene rings is 1. The minimum atomic E-state index is -0.319. The van der Waals surface area contributed by atoms with Gasteiger partial charge in [0, 0.05) is 5.54 Å². The van der Waals surface area contributed by atoms with Crippen molar-refractivity contribution in [3.8, 4) is 5.75 Å². The Labute approximate surface area is 108 Å². The van der Waals surface area contributed by atoms with E-state index in [1.165, 1.54) is 25.3 Å². The zero-order valence-corrected chi connectivity index (χ0v) is 11.2. The fourth-order valence-electron chi connectivity index (χ4n) is 2.16. The first-order valence-corrected chi connectivity index (χ1v) is 6.64. The van der Waals surface area contributed by atoms with Crippen LogP contribution in [0.4, 0.5) is 4.39 Å². The summed E-state index contributed by atoms with van der Waals surface area (Å²) in [7, 11) is 0. The van der Waals surface area contributed by atoms with Crippen LogP contribution < -0.4 is 10.5 Å². The van der Waals surface area contributed by atoms with Crippen LogP contribution in [0.15, 0.2) is 18.2 Å². The van der Waals surface area contributed by atoms with Crippen LogP contribution in [-0.4, -0.2) is 12.1 Å². The standard InChI is InChI=1S/C15H22FNO/c1-15(2,17)9-12-6-7-14(13(16)8-12)18-10-11-4-3-5-11/h6-8,11H,3-5,9-10,17H2,1-2H3. The van der Waals surface area contributed by atoms with Crippen molar-refractivity contribution in [3.63, 3.8) is 0 Å². The van der Waals surface area contributed by atoms with Gasteiger partial charge in [-0.2, -0.15) is 0 Å². The molecule has 100 valence electrons. The molecule has 0 bridgehead atoms. The predicted molar refractivity (Wildman–Crippen MR) is 71.2 cm³/mol. The van der Waals surface area contributed by atoms with Crippen molar-refractivity contribution in [1.82, 2.24) is 0 Å². The molecule has 3 heteroatoms. The lowest BCUT2D eigenvalue weighted by Crippen LogP contribution is -2.34. The lowest BCUT2D eigenvalue weighted by atomic mass is 9.86. The Balaban J connectivity index is 1.95. The average molecular weight is 251 g/mol. The summed E-state index contributed by atoms with van der Waals surface area (Å²) in [6.07, 6.45) is 4.36. The second-order valence-electron chi connectivity index (χ2n) is 6.04. The summed E-state index contributed by atoms with van der Waals surface area (Å²) in [4.78, 5) is 0. The maximum Gasteiger partial charge on any atom is 0.165 e. The van der Waals surface area contributed by atoms with Crippen LogP contribution in [0.25, 0.3) is 0 Å². The van der Waals surface area contributed by atoms with Crippen LogP contribution in [0.1, 0.15) is 38.7 Å². The monoisotopic (exact) mass is 251 g/mol. The Bertz CT molecular complexity index is 407. The number of nitrogens with two attached hydrogens (primary N) is 1. The van der Waals surface area contributed by atoms with Crippen LogP contribution in [0.2, 0.25) is 0 Å². The van der Waals surface area contributed by atoms with Gasteiger partial charge >= 0.3 is 0 Å². The quantitative estimate of drug-likeness (QED) is 0.871. The molecule has 18 heavy (non-hydrogen) atoms. The van der Waals surface area contributed by atoms with Gasteiger partial charge in [-0.25, -0.2) is 4.39 Å². The molecule has 1 fully saturated rings. The van der Waals surface area contributed by atoms with Gasteiger partial charge in [-0.1, -0.05) is 12.5 Å². The van der Waals surface area contributed by atoms with E-state index < -0.39 is 0 Å². The number of halogens is 1. The first kappa shape index (κ1) is 13.3. The molecule has 1 saturated carbocycles. The Morgan fingerprint density at radius 1 is 1.39 bits per heavy atom. The van der Waals surface area contributed by atoms with E-state index in [1.807, 2.05) is 19.9 Å². The van der Waals surface area contributed by atoms with Crippen molar-refractivity contribution < 1.29 is 9.13 Å². The van der Waals surface area contributed by atoms with Crippen molar-refractivity contribution >= 4 is 0 Å².